The third-order valence-corrected chi connectivity index (χ3v) is 5.48. The number of halogens is 2. The van der Waals surface area contributed by atoms with Crippen LogP contribution in [-0.2, 0) is 13.2 Å². The fourth-order valence-electron chi connectivity index (χ4n) is 2.75. The van der Waals surface area contributed by atoms with Gasteiger partial charge in [0.1, 0.15) is 18.2 Å². The molecule has 30 heavy (non-hydrogen) atoms. The maximum atomic E-state index is 12.9. The average Bonchev–Trinajstić information content (AvgIpc) is 3.39. The van der Waals surface area contributed by atoms with E-state index in [4.69, 9.17) is 16.3 Å². The van der Waals surface area contributed by atoms with Crippen LogP contribution in [0.1, 0.15) is 20.8 Å². The predicted octanol–water partition coefficient (Wildman–Crippen LogP) is 5.62. The lowest BCUT2D eigenvalue weighted by Crippen LogP contribution is -2.09. The van der Waals surface area contributed by atoms with E-state index in [1.54, 1.807) is 35.3 Å². The van der Waals surface area contributed by atoms with Crippen molar-refractivity contribution in [2.45, 2.75) is 13.2 Å². The Balaban J connectivity index is 1.32. The lowest BCUT2D eigenvalue weighted by Gasteiger charge is -2.04. The third-order valence-electron chi connectivity index (χ3n) is 4.25. The normalized spacial score (nSPS) is 10.7. The SMILES string of the molecule is O=C(Nc1cnn(Cc2ccc(Cl)cc2)c1)c1cc(COc2ccc(F)cc2)cs1. The van der Waals surface area contributed by atoms with E-state index in [2.05, 4.69) is 10.4 Å². The van der Waals surface area contributed by atoms with Crippen molar-refractivity contribution in [3.63, 3.8) is 0 Å². The lowest BCUT2D eigenvalue weighted by molar-refractivity contribution is 0.103. The van der Waals surface area contributed by atoms with Crippen LogP contribution in [0.5, 0.6) is 5.75 Å². The van der Waals surface area contributed by atoms with E-state index in [1.165, 1.54) is 23.5 Å². The maximum Gasteiger partial charge on any atom is 0.265 e. The van der Waals surface area contributed by atoms with Gasteiger partial charge in [-0.3, -0.25) is 9.48 Å². The zero-order valence-corrected chi connectivity index (χ0v) is 17.3. The van der Waals surface area contributed by atoms with Gasteiger partial charge < -0.3 is 10.1 Å². The van der Waals surface area contributed by atoms with Crippen LogP contribution in [0.2, 0.25) is 5.02 Å². The van der Waals surface area contributed by atoms with Crippen molar-refractivity contribution in [1.82, 2.24) is 9.78 Å². The van der Waals surface area contributed by atoms with Crippen molar-refractivity contribution in [2.24, 2.45) is 0 Å². The van der Waals surface area contributed by atoms with Crippen molar-refractivity contribution in [3.05, 3.63) is 99.2 Å². The molecule has 0 unspecified atom stereocenters. The van der Waals surface area contributed by atoms with Crippen molar-refractivity contribution >= 4 is 34.5 Å². The minimum Gasteiger partial charge on any atom is -0.489 e. The number of aromatic nitrogens is 2. The molecule has 4 rings (SSSR count). The van der Waals surface area contributed by atoms with Gasteiger partial charge in [-0.15, -0.1) is 11.3 Å². The lowest BCUT2D eigenvalue weighted by atomic mass is 10.2. The number of amides is 1. The molecule has 152 valence electrons. The minimum absolute atomic E-state index is 0.209. The van der Waals surface area contributed by atoms with E-state index < -0.39 is 0 Å². The van der Waals surface area contributed by atoms with Crippen LogP contribution in [0.4, 0.5) is 10.1 Å². The molecule has 1 amide bonds. The van der Waals surface area contributed by atoms with Crippen molar-refractivity contribution in [1.29, 1.82) is 0 Å². The van der Waals surface area contributed by atoms with Gasteiger partial charge in [0, 0.05) is 16.8 Å². The summed E-state index contributed by atoms with van der Waals surface area (Å²) in [4.78, 5) is 13.1. The summed E-state index contributed by atoms with van der Waals surface area (Å²) in [6, 6.07) is 15.1. The van der Waals surface area contributed by atoms with Gasteiger partial charge in [-0.05, 0) is 53.4 Å². The molecule has 0 bridgehead atoms. The Kier molecular flexibility index (Phi) is 6.11. The van der Waals surface area contributed by atoms with Crippen LogP contribution in [0.15, 0.2) is 72.4 Å². The molecule has 0 fully saturated rings. The Labute approximate surface area is 181 Å². The summed E-state index contributed by atoms with van der Waals surface area (Å²) in [6.45, 7) is 0.880. The summed E-state index contributed by atoms with van der Waals surface area (Å²) >= 11 is 7.24. The zero-order valence-electron chi connectivity index (χ0n) is 15.7. The molecule has 0 aliphatic carbocycles. The number of carbonyl (C=O) groups excluding carboxylic acids is 1. The van der Waals surface area contributed by atoms with Gasteiger partial charge in [0.25, 0.3) is 5.91 Å². The molecule has 4 aromatic rings. The van der Waals surface area contributed by atoms with Gasteiger partial charge in [-0.25, -0.2) is 4.39 Å². The fourth-order valence-corrected chi connectivity index (χ4v) is 3.67. The monoisotopic (exact) mass is 441 g/mol. The molecule has 0 aliphatic heterocycles. The molecule has 0 aliphatic rings. The van der Waals surface area contributed by atoms with E-state index in [1.807, 2.05) is 29.6 Å². The number of thiophene rings is 1. The average molecular weight is 442 g/mol. The topological polar surface area (TPSA) is 56.2 Å². The van der Waals surface area contributed by atoms with Gasteiger partial charge in [-0.1, -0.05) is 23.7 Å². The minimum atomic E-state index is -0.312. The van der Waals surface area contributed by atoms with Gasteiger partial charge in [-0.2, -0.15) is 5.10 Å². The van der Waals surface area contributed by atoms with Gasteiger partial charge in [0.15, 0.2) is 0 Å². The first-order chi connectivity index (χ1) is 14.5. The number of nitrogens with zero attached hydrogens (tertiary/aromatic N) is 2. The van der Waals surface area contributed by atoms with Crippen LogP contribution < -0.4 is 10.1 Å². The molecule has 0 saturated heterocycles. The summed E-state index contributed by atoms with van der Waals surface area (Å²) in [5.41, 5.74) is 2.55. The van der Waals surface area contributed by atoms with E-state index >= 15 is 0 Å². The predicted molar refractivity (Wildman–Crippen MR) is 116 cm³/mol. The molecule has 2 heterocycles. The highest BCUT2D eigenvalue weighted by Crippen LogP contribution is 2.20. The molecule has 8 heteroatoms. The third kappa shape index (κ3) is 5.25. The van der Waals surface area contributed by atoms with Gasteiger partial charge in [0.05, 0.1) is 23.3 Å². The fraction of sp³-hybridized carbons (Fsp3) is 0.0909. The largest absolute Gasteiger partial charge is 0.489 e. The van der Waals surface area contributed by atoms with E-state index in [0.717, 1.165) is 11.1 Å². The summed E-state index contributed by atoms with van der Waals surface area (Å²) in [6.07, 6.45) is 3.39. The highest BCUT2D eigenvalue weighted by molar-refractivity contribution is 7.12. The summed E-state index contributed by atoms with van der Waals surface area (Å²) in [5, 5.41) is 9.68. The molecular weight excluding hydrogens is 425 g/mol. The Morgan fingerprint density at radius 3 is 2.67 bits per heavy atom. The molecular formula is C22H17ClFN3O2S. The number of ether oxygens (including phenoxy) is 1. The Bertz CT molecular complexity index is 1140. The number of benzene rings is 2. The second-order valence-electron chi connectivity index (χ2n) is 6.57. The molecule has 0 radical (unpaired) electrons. The number of hydrogen-bond acceptors (Lipinski definition) is 4. The Morgan fingerprint density at radius 1 is 1.13 bits per heavy atom. The van der Waals surface area contributed by atoms with Gasteiger partial charge in [0.2, 0.25) is 0 Å². The standard InChI is InChI=1S/C22H17ClFN3O2S/c23-17-3-1-15(2-4-17)11-27-12-19(10-25-27)26-22(28)21-9-16(14-30-21)13-29-20-7-5-18(24)6-8-20/h1-10,12,14H,11,13H2,(H,26,28). The van der Waals surface area contributed by atoms with E-state index in [0.29, 0.717) is 34.5 Å². The van der Waals surface area contributed by atoms with Crippen LogP contribution >= 0.6 is 22.9 Å². The quantitative estimate of drug-likeness (QED) is 0.405. The first kappa shape index (κ1) is 20.1. The van der Waals surface area contributed by atoms with Crippen LogP contribution in [0.3, 0.4) is 0 Å². The smallest absolute Gasteiger partial charge is 0.265 e. The maximum absolute atomic E-state index is 12.9. The van der Waals surface area contributed by atoms with Crippen molar-refractivity contribution in [3.8, 4) is 5.75 Å². The Hall–Kier alpha value is -3.16. The number of anilines is 1. The summed E-state index contributed by atoms with van der Waals surface area (Å²) in [7, 11) is 0. The van der Waals surface area contributed by atoms with E-state index in [9.17, 15) is 9.18 Å². The highest BCUT2D eigenvalue weighted by atomic mass is 35.5. The zero-order chi connectivity index (χ0) is 20.9. The first-order valence-corrected chi connectivity index (χ1v) is 10.3. The molecule has 5 nitrogen and oxygen atoms in total. The highest BCUT2D eigenvalue weighted by Gasteiger charge is 2.11. The summed E-state index contributed by atoms with van der Waals surface area (Å²) in [5.74, 6) is 0.0501. The van der Waals surface area contributed by atoms with Crippen LogP contribution in [0.25, 0.3) is 0 Å². The van der Waals surface area contributed by atoms with E-state index in [-0.39, 0.29) is 11.7 Å². The number of nitrogens with one attached hydrogen (secondary N) is 1. The number of hydrogen-bond donors (Lipinski definition) is 1. The molecule has 0 atom stereocenters. The number of rotatable bonds is 7. The molecule has 1 N–H and O–H groups in total. The van der Waals surface area contributed by atoms with Gasteiger partial charge >= 0.3 is 0 Å². The molecule has 2 aromatic heterocycles. The van der Waals surface area contributed by atoms with Crippen LogP contribution in [0, 0.1) is 5.82 Å². The van der Waals surface area contributed by atoms with Crippen LogP contribution in [-0.4, -0.2) is 15.7 Å². The van der Waals surface area contributed by atoms with Crippen molar-refractivity contribution < 1.29 is 13.9 Å². The second kappa shape index (κ2) is 9.11. The second-order valence-corrected chi connectivity index (χ2v) is 7.92. The molecule has 0 spiro atoms. The molecule has 0 saturated carbocycles. The number of carbonyl (C=O) groups is 1. The van der Waals surface area contributed by atoms with Crippen molar-refractivity contribution in [2.75, 3.05) is 5.32 Å². The molecule has 2 aromatic carbocycles. The summed E-state index contributed by atoms with van der Waals surface area (Å²) < 4.78 is 20.3. The Morgan fingerprint density at radius 2 is 1.90 bits per heavy atom. The first-order valence-electron chi connectivity index (χ1n) is 9.09.